The van der Waals surface area contributed by atoms with Crippen molar-refractivity contribution in [1.29, 1.82) is 0 Å². The van der Waals surface area contributed by atoms with Crippen LogP contribution in [0.5, 0.6) is 5.75 Å². The van der Waals surface area contributed by atoms with Gasteiger partial charge in [0.2, 0.25) is 0 Å². The lowest BCUT2D eigenvalue weighted by molar-refractivity contribution is 0.0342. The Morgan fingerprint density at radius 2 is 2.09 bits per heavy atom. The minimum absolute atomic E-state index is 0.0531. The Hall–Kier alpha value is -2.05. The number of ether oxygens (including phenoxy) is 1. The van der Waals surface area contributed by atoms with Gasteiger partial charge in [-0.3, -0.25) is 9.69 Å². The molecule has 0 unspecified atom stereocenters. The van der Waals surface area contributed by atoms with Gasteiger partial charge in [-0.2, -0.15) is 0 Å². The number of hydrogen-bond acceptors (Lipinski definition) is 5. The molecule has 2 aromatic rings. The number of aromatic hydroxyl groups is 1. The molecule has 4 rings (SSSR count). The fraction of sp³-hybridized carbons (Fsp3) is 0.471. The van der Waals surface area contributed by atoms with E-state index >= 15 is 0 Å². The van der Waals surface area contributed by atoms with Crippen molar-refractivity contribution >= 4 is 16.6 Å². The van der Waals surface area contributed by atoms with Crippen molar-refractivity contribution in [2.75, 3.05) is 38.2 Å². The number of phenolic OH excluding ortho intramolecular Hbond substituents is 1. The highest BCUT2D eigenvalue weighted by Crippen LogP contribution is 2.35. The van der Waals surface area contributed by atoms with Crippen LogP contribution in [0.15, 0.2) is 16.9 Å². The lowest BCUT2D eigenvalue weighted by Gasteiger charge is -2.27. The van der Waals surface area contributed by atoms with Gasteiger partial charge in [0.1, 0.15) is 5.75 Å². The molecule has 2 aliphatic heterocycles. The molecule has 0 atom stereocenters. The smallest absolute Gasteiger partial charge is 0.253 e. The van der Waals surface area contributed by atoms with Crippen molar-refractivity contribution in [3.8, 4) is 5.75 Å². The highest BCUT2D eigenvalue weighted by atomic mass is 16.5. The Kier molecular flexibility index (Phi) is 3.71. The average molecular weight is 315 g/mol. The second-order valence-electron chi connectivity index (χ2n) is 6.26. The number of hydrogen-bond donors (Lipinski definition) is 3. The van der Waals surface area contributed by atoms with Gasteiger partial charge in [0, 0.05) is 31.7 Å². The molecular formula is C17H21N3O3. The first kappa shape index (κ1) is 14.5. The molecule has 1 saturated heterocycles. The zero-order chi connectivity index (χ0) is 15.8. The maximum absolute atomic E-state index is 12.3. The third kappa shape index (κ3) is 2.68. The van der Waals surface area contributed by atoms with Gasteiger partial charge < -0.3 is 20.1 Å². The van der Waals surface area contributed by atoms with Gasteiger partial charge in [-0.25, -0.2) is 0 Å². The molecule has 0 radical (unpaired) electrons. The Labute approximate surface area is 134 Å². The van der Waals surface area contributed by atoms with Gasteiger partial charge in [-0.15, -0.1) is 0 Å². The average Bonchev–Trinajstić information content (AvgIpc) is 2.55. The third-order valence-corrected chi connectivity index (χ3v) is 4.67. The van der Waals surface area contributed by atoms with Crippen LogP contribution < -0.4 is 10.9 Å². The van der Waals surface area contributed by atoms with E-state index in [1.54, 1.807) is 0 Å². The summed E-state index contributed by atoms with van der Waals surface area (Å²) in [6, 6.07) is 3.79. The van der Waals surface area contributed by atoms with Crippen molar-refractivity contribution in [1.82, 2.24) is 9.88 Å². The van der Waals surface area contributed by atoms with E-state index in [0.29, 0.717) is 5.52 Å². The van der Waals surface area contributed by atoms with E-state index in [-0.39, 0.29) is 11.3 Å². The number of morpholine rings is 1. The molecule has 23 heavy (non-hydrogen) atoms. The second kappa shape index (κ2) is 5.86. The summed E-state index contributed by atoms with van der Waals surface area (Å²) in [5.41, 5.74) is 3.20. The van der Waals surface area contributed by atoms with Gasteiger partial charge in [0.05, 0.1) is 29.8 Å². The molecule has 0 spiro atoms. The summed E-state index contributed by atoms with van der Waals surface area (Å²) in [4.78, 5) is 17.5. The van der Waals surface area contributed by atoms with Crippen LogP contribution in [0.3, 0.4) is 0 Å². The Bertz CT molecular complexity index is 794. The molecule has 3 N–H and O–H groups in total. The predicted molar refractivity (Wildman–Crippen MR) is 89.1 cm³/mol. The lowest BCUT2D eigenvalue weighted by Crippen LogP contribution is -2.35. The summed E-state index contributed by atoms with van der Waals surface area (Å²) in [5, 5.41) is 14.5. The number of nitrogens with one attached hydrogen (secondary N) is 2. The van der Waals surface area contributed by atoms with Gasteiger partial charge in [-0.05, 0) is 30.5 Å². The highest BCUT2D eigenvalue weighted by Gasteiger charge is 2.19. The first-order chi connectivity index (χ1) is 11.2. The fourth-order valence-corrected chi connectivity index (χ4v) is 3.53. The van der Waals surface area contributed by atoms with Crippen LogP contribution in [0, 0.1) is 0 Å². The van der Waals surface area contributed by atoms with E-state index in [0.717, 1.165) is 74.4 Å². The number of anilines is 1. The van der Waals surface area contributed by atoms with Gasteiger partial charge in [0.25, 0.3) is 5.56 Å². The Morgan fingerprint density at radius 3 is 2.91 bits per heavy atom. The van der Waals surface area contributed by atoms with Crippen molar-refractivity contribution in [2.45, 2.75) is 19.4 Å². The van der Waals surface area contributed by atoms with Crippen LogP contribution in [0.2, 0.25) is 0 Å². The predicted octanol–water partition coefficient (Wildman–Crippen LogP) is 1.42. The molecule has 0 amide bonds. The maximum atomic E-state index is 12.3. The lowest BCUT2D eigenvalue weighted by atomic mass is 9.99. The van der Waals surface area contributed by atoms with Crippen molar-refractivity contribution < 1.29 is 9.84 Å². The van der Waals surface area contributed by atoms with E-state index in [1.807, 2.05) is 12.1 Å². The molecule has 1 fully saturated rings. The van der Waals surface area contributed by atoms with E-state index < -0.39 is 0 Å². The van der Waals surface area contributed by atoms with Crippen molar-refractivity contribution in [2.24, 2.45) is 0 Å². The first-order valence-electron chi connectivity index (χ1n) is 8.17. The Balaban J connectivity index is 1.76. The number of benzene rings is 1. The van der Waals surface area contributed by atoms with Crippen LogP contribution in [-0.4, -0.2) is 47.8 Å². The number of aromatic amines is 1. The summed E-state index contributed by atoms with van der Waals surface area (Å²) in [5.74, 6) is 0.229. The summed E-state index contributed by atoms with van der Waals surface area (Å²) < 4.78 is 5.36. The summed E-state index contributed by atoms with van der Waals surface area (Å²) in [6.45, 7) is 4.85. The third-order valence-electron chi connectivity index (χ3n) is 4.67. The number of H-pyrrole nitrogens is 1. The number of phenols is 1. The van der Waals surface area contributed by atoms with E-state index in [9.17, 15) is 9.90 Å². The molecule has 6 nitrogen and oxygen atoms in total. The van der Waals surface area contributed by atoms with E-state index in [1.165, 1.54) is 0 Å². The number of rotatable bonds is 2. The number of nitrogens with zero attached hydrogens (tertiary/aromatic N) is 1. The molecular weight excluding hydrogens is 294 g/mol. The minimum Gasteiger partial charge on any atom is -0.507 e. The largest absolute Gasteiger partial charge is 0.507 e. The first-order valence-corrected chi connectivity index (χ1v) is 8.17. The molecule has 1 aromatic carbocycles. The van der Waals surface area contributed by atoms with E-state index in [2.05, 4.69) is 15.2 Å². The standard InChI is InChI=1S/C17H21N3O3/c21-14-9-11(10-20-4-6-23-7-5-20)8-13-15(14)16-12(17(22)19-13)2-1-3-18-16/h8-9,18,21H,1-7,10H2,(H,19,22). The topological polar surface area (TPSA) is 77.6 Å². The molecule has 3 heterocycles. The van der Waals surface area contributed by atoms with Crippen LogP contribution in [0.25, 0.3) is 10.9 Å². The molecule has 0 saturated carbocycles. The second-order valence-corrected chi connectivity index (χ2v) is 6.26. The maximum Gasteiger partial charge on any atom is 0.253 e. The summed E-state index contributed by atoms with van der Waals surface area (Å²) in [6.07, 6.45) is 1.69. The molecule has 2 aliphatic rings. The molecule has 0 bridgehead atoms. The van der Waals surface area contributed by atoms with Gasteiger partial charge >= 0.3 is 0 Å². The zero-order valence-corrected chi connectivity index (χ0v) is 13.0. The minimum atomic E-state index is -0.0531. The molecule has 6 heteroatoms. The highest BCUT2D eigenvalue weighted by molar-refractivity contribution is 5.98. The number of fused-ring (bicyclic) bond motifs is 3. The summed E-state index contributed by atoms with van der Waals surface area (Å²) >= 11 is 0. The van der Waals surface area contributed by atoms with Crippen LogP contribution in [-0.2, 0) is 17.7 Å². The van der Waals surface area contributed by atoms with Crippen LogP contribution >= 0.6 is 0 Å². The number of pyridine rings is 1. The van der Waals surface area contributed by atoms with Crippen LogP contribution in [0.1, 0.15) is 17.5 Å². The SMILES string of the molecule is O=c1[nH]c2cc(CN3CCOCC3)cc(O)c2c2c1CCCN2. The summed E-state index contributed by atoms with van der Waals surface area (Å²) in [7, 11) is 0. The van der Waals surface area contributed by atoms with Crippen molar-refractivity contribution in [3.05, 3.63) is 33.6 Å². The quantitative estimate of drug-likeness (QED) is 0.781. The fourth-order valence-electron chi connectivity index (χ4n) is 3.53. The van der Waals surface area contributed by atoms with Crippen molar-refractivity contribution in [3.63, 3.8) is 0 Å². The normalized spacial score (nSPS) is 18.6. The molecule has 1 aromatic heterocycles. The van der Waals surface area contributed by atoms with Gasteiger partial charge in [-0.1, -0.05) is 0 Å². The monoisotopic (exact) mass is 315 g/mol. The molecule has 122 valence electrons. The Morgan fingerprint density at radius 1 is 1.26 bits per heavy atom. The van der Waals surface area contributed by atoms with E-state index in [4.69, 9.17) is 4.74 Å². The number of aromatic nitrogens is 1. The van der Waals surface area contributed by atoms with Gasteiger partial charge in [0.15, 0.2) is 0 Å². The molecule has 0 aliphatic carbocycles. The zero-order valence-electron chi connectivity index (χ0n) is 13.0. The van der Waals surface area contributed by atoms with Crippen LogP contribution in [0.4, 0.5) is 5.69 Å².